The van der Waals surface area contributed by atoms with Crippen molar-refractivity contribution >= 4 is 10.8 Å². The first-order valence-electron chi connectivity index (χ1n) is 5.06. The van der Waals surface area contributed by atoms with Gasteiger partial charge in [-0.3, -0.25) is 0 Å². The third kappa shape index (κ3) is 1.40. The Kier molecular flexibility index (Phi) is 2.51. The minimum Gasteiger partial charge on any atom is -0.326 e. The monoisotopic (exact) mass is 185 g/mol. The van der Waals surface area contributed by atoms with E-state index in [0.29, 0.717) is 6.54 Å². The normalized spacial score (nSPS) is 10.7. The van der Waals surface area contributed by atoms with Gasteiger partial charge in [-0.2, -0.15) is 0 Å². The van der Waals surface area contributed by atoms with Crippen molar-refractivity contribution in [2.45, 2.75) is 19.9 Å². The summed E-state index contributed by atoms with van der Waals surface area (Å²) < 4.78 is 0. The van der Waals surface area contributed by atoms with Crippen LogP contribution in [0.25, 0.3) is 10.8 Å². The molecule has 0 fully saturated rings. The van der Waals surface area contributed by atoms with E-state index in [0.717, 1.165) is 6.42 Å². The van der Waals surface area contributed by atoms with Gasteiger partial charge < -0.3 is 5.73 Å². The molecule has 2 rings (SSSR count). The van der Waals surface area contributed by atoms with Crippen LogP contribution in [0.3, 0.4) is 0 Å². The Labute approximate surface area is 84.5 Å². The lowest BCUT2D eigenvalue weighted by Crippen LogP contribution is -1.98. The fourth-order valence-corrected chi connectivity index (χ4v) is 1.91. The highest BCUT2D eigenvalue weighted by atomic mass is 14.5. The van der Waals surface area contributed by atoms with E-state index >= 15 is 0 Å². The highest BCUT2D eigenvalue weighted by Crippen LogP contribution is 2.22. The molecule has 0 saturated heterocycles. The molecule has 2 aromatic rings. The topological polar surface area (TPSA) is 26.0 Å². The van der Waals surface area contributed by atoms with Crippen molar-refractivity contribution in [3.63, 3.8) is 0 Å². The van der Waals surface area contributed by atoms with Crippen LogP contribution in [-0.4, -0.2) is 0 Å². The number of rotatable bonds is 2. The Morgan fingerprint density at radius 2 is 1.50 bits per heavy atom. The van der Waals surface area contributed by atoms with Crippen LogP contribution in [0.4, 0.5) is 0 Å². The van der Waals surface area contributed by atoms with Crippen molar-refractivity contribution in [1.29, 1.82) is 0 Å². The zero-order valence-electron chi connectivity index (χ0n) is 8.46. The second-order valence-corrected chi connectivity index (χ2v) is 3.49. The van der Waals surface area contributed by atoms with Crippen molar-refractivity contribution in [2.75, 3.05) is 0 Å². The summed E-state index contributed by atoms with van der Waals surface area (Å²) >= 11 is 0. The van der Waals surface area contributed by atoms with Gasteiger partial charge in [-0.15, -0.1) is 0 Å². The lowest BCUT2D eigenvalue weighted by atomic mass is 9.98. The molecule has 0 aromatic heterocycles. The summed E-state index contributed by atoms with van der Waals surface area (Å²) in [6.07, 6.45) is 1.07. The second-order valence-electron chi connectivity index (χ2n) is 3.49. The van der Waals surface area contributed by atoms with E-state index in [1.807, 2.05) is 0 Å². The molecule has 0 amide bonds. The van der Waals surface area contributed by atoms with E-state index in [1.165, 1.54) is 21.9 Å². The maximum absolute atomic E-state index is 5.71. The molecule has 0 radical (unpaired) electrons. The number of nitrogens with two attached hydrogens (primary N) is 1. The molecule has 0 atom stereocenters. The fourth-order valence-electron chi connectivity index (χ4n) is 1.91. The highest BCUT2D eigenvalue weighted by molar-refractivity contribution is 5.88. The first kappa shape index (κ1) is 9.22. The van der Waals surface area contributed by atoms with E-state index in [-0.39, 0.29) is 0 Å². The van der Waals surface area contributed by atoms with Gasteiger partial charge in [0.2, 0.25) is 0 Å². The standard InChI is InChI=1S/C13H15N/c1-2-10-7-8-11(9-14)13-6-4-3-5-12(10)13/h3-8H,2,9,14H2,1H3. The predicted molar refractivity (Wildman–Crippen MR) is 61.2 cm³/mol. The molecule has 0 bridgehead atoms. The van der Waals surface area contributed by atoms with E-state index in [1.54, 1.807) is 0 Å². The van der Waals surface area contributed by atoms with E-state index < -0.39 is 0 Å². The minimum atomic E-state index is 0.616. The van der Waals surface area contributed by atoms with E-state index in [2.05, 4.69) is 43.3 Å². The second kappa shape index (κ2) is 3.81. The van der Waals surface area contributed by atoms with E-state index in [9.17, 15) is 0 Å². The van der Waals surface area contributed by atoms with Crippen molar-refractivity contribution < 1.29 is 0 Å². The van der Waals surface area contributed by atoms with Crippen molar-refractivity contribution in [3.05, 3.63) is 47.5 Å². The van der Waals surface area contributed by atoms with Crippen LogP contribution in [-0.2, 0) is 13.0 Å². The molecule has 2 N–H and O–H groups in total. The largest absolute Gasteiger partial charge is 0.326 e. The average molecular weight is 185 g/mol. The maximum Gasteiger partial charge on any atom is 0.0184 e. The van der Waals surface area contributed by atoms with Crippen LogP contribution in [0.1, 0.15) is 18.1 Å². The Morgan fingerprint density at radius 3 is 2.07 bits per heavy atom. The molecule has 0 heterocycles. The fraction of sp³-hybridized carbons (Fsp3) is 0.231. The third-order valence-corrected chi connectivity index (χ3v) is 2.71. The van der Waals surface area contributed by atoms with Gasteiger partial charge in [-0.1, -0.05) is 43.3 Å². The van der Waals surface area contributed by atoms with Crippen LogP contribution in [0.15, 0.2) is 36.4 Å². The molecule has 72 valence electrons. The van der Waals surface area contributed by atoms with Crippen molar-refractivity contribution in [2.24, 2.45) is 5.73 Å². The molecule has 0 unspecified atom stereocenters. The molecule has 0 saturated carbocycles. The minimum absolute atomic E-state index is 0.616. The lowest BCUT2D eigenvalue weighted by Gasteiger charge is -2.08. The Hall–Kier alpha value is -1.34. The van der Waals surface area contributed by atoms with Gasteiger partial charge >= 0.3 is 0 Å². The van der Waals surface area contributed by atoms with Crippen molar-refractivity contribution in [3.8, 4) is 0 Å². The number of fused-ring (bicyclic) bond motifs is 1. The van der Waals surface area contributed by atoms with Gasteiger partial charge in [0.15, 0.2) is 0 Å². The predicted octanol–water partition coefficient (Wildman–Crippen LogP) is 2.86. The van der Waals surface area contributed by atoms with Crippen LogP contribution in [0.5, 0.6) is 0 Å². The van der Waals surface area contributed by atoms with E-state index in [4.69, 9.17) is 5.73 Å². The first-order valence-corrected chi connectivity index (χ1v) is 5.06. The van der Waals surface area contributed by atoms with Crippen molar-refractivity contribution in [1.82, 2.24) is 0 Å². The SMILES string of the molecule is CCc1ccc(CN)c2ccccc12. The molecular formula is C13H15N. The third-order valence-electron chi connectivity index (χ3n) is 2.71. The van der Waals surface area contributed by atoms with Gasteiger partial charge in [-0.05, 0) is 28.3 Å². The number of hydrogen-bond acceptors (Lipinski definition) is 1. The molecule has 1 nitrogen and oxygen atoms in total. The van der Waals surface area contributed by atoms with Gasteiger partial charge in [0, 0.05) is 6.54 Å². The Morgan fingerprint density at radius 1 is 0.929 bits per heavy atom. The summed E-state index contributed by atoms with van der Waals surface area (Å²) in [7, 11) is 0. The van der Waals surface area contributed by atoms with Gasteiger partial charge in [0.05, 0.1) is 0 Å². The summed E-state index contributed by atoms with van der Waals surface area (Å²) in [5.41, 5.74) is 8.34. The summed E-state index contributed by atoms with van der Waals surface area (Å²) in [4.78, 5) is 0. The number of aryl methyl sites for hydroxylation is 1. The number of hydrogen-bond donors (Lipinski definition) is 1. The van der Waals surface area contributed by atoms with Crippen LogP contribution < -0.4 is 5.73 Å². The molecule has 1 heteroatoms. The highest BCUT2D eigenvalue weighted by Gasteiger charge is 2.02. The molecule has 14 heavy (non-hydrogen) atoms. The first-order chi connectivity index (χ1) is 6.86. The summed E-state index contributed by atoms with van der Waals surface area (Å²) in [5.74, 6) is 0. The smallest absolute Gasteiger partial charge is 0.0184 e. The molecule has 0 aliphatic carbocycles. The quantitative estimate of drug-likeness (QED) is 0.765. The summed E-state index contributed by atoms with van der Waals surface area (Å²) in [6.45, 7) is 2.80. The molecule has 0 aliphatic rings. The molecule has 0 aliphatic heterocycles. The Balaban J connectivity index is 2.78. The number of benzene rings is 2. The van der Waals surface area contributed by atoms with Gasteiger partial charge in [-0.25, -0.2) is 0 Å². The average Bonchev–Trinajstić information content (AvgIpc) is 2.27. The zero-order chi connectivity index (χ0) is 9.97. The van der Waals surface area contributed by atoms with Gasteiger partial charge in [0.25, 0.3) is 0 Å². The molecule has 2 aromatic carbocycles. The summed E-state index contributed by atoms with van der Waals surface area (Å²) in [5, 5.41) is 2.65. The molecular weight excluding hydrogens is 170 g/mol. The molecule has 0 spiro atoms. The van der Waals surface area contributed by atoms with Crippen LogP contribution in [0.2, 0.25) is 0 Å². The maximum atomic E-state index is 5.71. The zero-order valence-corrected chi connectivity index (χ0v) is 8.46. The summed E-state index contributed by atoms with van der Waals surface area (Å²) in [6, 6.07) is 12.8. The lowest BCUT2D eigenvalue weighted by molar-refractivity contribution is 1.08. The Bertz CT molecular complexity index is 403. The van der Waals surface area contributed by atoms with Gasteiger partial charge in [0.1, 0.15) is 0 Å². The van der Waals surface area contributed by atoms with Crippen LogP contribution >= 0.6 is 0 Å². The van der Waals surface area contributed by atoms with Crippen LogP contribution in [0, 0.1) is 0 Å².